The van der Waals surface area contributed by atoms with E-state index in [1.165, 1.54) is 5.56 Å². The number of anilines is 2. The van der Waals surface area contributed by atoms with Gasteiger partial charge in [0.15, 0.2) is 11.5 Å². The third-order valence-corrected chi connectivity index (χ3v) is 4.68. The Bertz CT molecular complexity index is 987. The number of hydrazone groups is 1. The zero-order valence-corrected chi connectivity index (χ0v) is 16.5. The molecule has 2 aromatic heterocycles. The topological polar surface area (TPSA) is 75.5 Å². The Labute approximate surface area is 165 Å². The second-order valence-electron chi connectivity index (χ2n) is 6.26. The predicted molar refractivity (Wildman–Crippen MR) is 110 cm³/mol. The Morgan fingerprint density at radius 1 is 1.15 bits per heavy atom. The number of morpholine rings is 1. The van der Waals surface area contributed by atoms with Crippen molar-refractivity contribution in [2.45, 2.75) is 6.92 Å². The van der Waals surface area contributed by atoms with Gasteiger partial charge in [0.25, 0.3) is 0 Å². The van der Waals surface area contributed by atoms with Gasteiger partial charge in [0, 0.05) is 13.1 Å². The molecule has 0 atom stereocenters. The minimum absolute atomic E-state index is 0.620. The second-order valence-corrected chi connectivity index (χ2v) is 7.07. The van der Waals surface area contributed by atoms with Gasteiger partial charge in [-0.25, -0.2) is 4.98 Å². The number of pyridine rings is 1. The van der Waals surface area contributed by atoms with Crippen LogP contribution in [-0.4, -0.2) is 47.5 Å². The van der Waals surface area contributed by atoms with Crippen LogP contribution in [0.15, 0.2) is 46.1 Å². The third-order valence-electron chi connectivity index (χ3n) is 4.23. The number of hydrogen-bond acceptors (Lipinski definition) is 7. The highest BCUT2D eigenvalue weighted by Gasteiger charge is 2.17. The van der Waals surface area contributed by atoms with E-state index >= 15 is 0 Å². The molecule has 1 aliphatic rings. The fourth-order valence-electron chi connectivity index (χ4n) is 2.88. The molecular weight excluding hydrogens is 408 g/mol. The van der Waals surface area contributed by atoms with Crippen molar-refractivity contribution in [1.29, 1.82) is 0 Å². The molecule has 1 aliphatic heterocycles. The van der Waals surface area contributed by atoms with Crippen molar-refractivity contribution in [3.63, 3.8) is 0 Å². The number of nitrogens with zero attached hydrogens (tertiary/aromatic N) is 5. The molecule has 0 saturated carbocycles. The number of benzene rings is 1. The zero-order chi connectivity index (χ0) is 18.6. The van der Waals surface area contributed by atoms with E-state index in [2.05, 4.69) is 65.4 Å². The molecule has 0 spiro atoms. The zero-order valence-electron chi connectivity index (χ0n) is 14.9. The summed E-state index contributed by atoms with van der Waals surface area (Å²) in [7, 11) is 0. The number of rotatable bonds is 4. The van der Waals surface area contributed by atoms with E-state index in [1.54, 1.807) is 6.21 Å². The Hall–Kier alpha value is -2.58. The van der Waals surface area contributed by atoms with Gasteiger partial charge in [-0.1, -0.05) is 29.8 Å². The molecule has 7 nitrogen and oxygen atoms in total. The third kappa shape index (κ3) is 4.23. The van der Waals surface area contributed by atoms with Gasteiger partial charge in [0.2, 0.25) is 5.95 Å². The predicted octanol–water partition coefficient (Wildman–Crippen LogP) is 3.38. The number of aryl methyl sites for hydroxylation is 1. The first-order valence-electron chi connectivity index (χ1n) is 8.72. The molecule has 3 aromatic rings. The summed E-state index contributed by atoms with van der Waals surface area (Å²) in [6.45, 7) is 4.90. The van der Waals surface area contributed by atoms with Crippen molar-refractivity contribution in [3.8, 4) is 0 Å². The van der Waals surface area contributed by atoms with Crippen LogP contribution >= 0.6 is 15.9 Å². The molecule has 0 aliphatic carbocycles. The summed E-state index contributed by atoms with van der Waals surface area (Å²) in [6, 6.07) is 11.9. The van der Waals surface area contributed by atoms with Crippen LogP contribution in [0.2, 0.25) is 0 Å². The standard InChI is InChI=1S/C19H19BrN6O/c1-13-3-2-4-14(11-13)12-21-25-18-15-5-6-16(20)22-17(15)23-19(24-18)26-7-9-27-10-8-26/h2-6,11-12H,7-10H2,1H3,(H,22,23,24,25)/b21-12+. The average Bonchev–Trinajstić information content (AvgIpc) is 2.68. The lowest BCUT2D eigenvalue weighted by molar-refractivity contribution is 0.122. The quantitative estimate of drug-likeness (QED) is 0.391. The molecule has 1 N–H and O–H groups in total. The molecule has 3 heterocycles. The van der Waals surface area contributed by atoms with Crippen molar-refractivity contribution >= 4 is 44.9 Å². The Morgan fingerprint density at radius 2 is 2.00 bits per heavy atom. The highest BCUT2D eigenvalue weighted by molar-refractivity contribution is 9.10. The highest BCUT2D eigenvalue weighted by Crippen LogP contribution is 2.24. The van der Waals surface area contributed by atoms with E-state index in [0.717, 1.165) is 28.6 Å². The van der Waals surface area contributed by atoms with Crippen molar-refractivity contribution in [1.82, 2.24) is 15.0 Å². The summed E-state index contributed by atoms with van der Waals surface area (Å²) < 4.78 is 6.15. The number of aromatic nitrogens is 3. The van der Waals surface area contributed by atoms with Crippen LogP contribution in [0.4, 0.5) is 11.8 Å². The normalized spacial score (nSPS) is 14.8. The molecule has 138 valence electrons. The van der Waals surface area contributed by atoms with E-state index < -0.39 is 0 Å². The molecule has 8 heteroatoms. The van der Waals surface area contributed by atoms with Gasteiger partial charge < -0.3 is 9.64 Å². The molecular formula is C19H19BrN6O. The van der Waals surface area contributed by atoms with Crippen LogP contribution in [0.1, 0.15) is 11.1 Å². The van der Waals surface area contributed by atoms with Crippen LogP contribution in [0.25, 0.3) is 11.0 Å². The van der Waals surface area contributed by atoms with Crippen molar-refractivity contribution < 1.29 is 4.74 Å². The smallest absolute Gasteiger partial charge is 0.229 e. The average molecular weight is 427 g/mol. The summed E-state index contributed by atoms with van der Waals surface area (Å²) in [5.41, 5.74) is 5.89. The number of nitrogens with one attached hydrogen (secondary N) is 1. The number of halogens is 1. The molecule has 4 rings (SSSR count). The summed E-state index contributed by atoms with van der Waals surface area (Å²) >= 11 is 3.41. The maximum Gasteiger partial charge on any atom is 0.229 e. The van der Waals surface area contributed by atoms with Crippen LogP contribution in [-0.2, 0) is 4.74 Å². The first kappa shape index (κ1) is 17.8. The first-order valence-corrected chi connectivity index (χ1v) is 9.51. The maximum atomic E-state index is 5.42. The van der Waals surface area contributed by atoms with E-state index in [0.29, 0.717) is 30.6 Å². The minimum atomic E-state index is 0.620. The van der Waals surface area contributed by atoms with Gasteiger partial charge in [0.05, 0.1) is 24.8 Å². The lowest BCUT2D eigenvalue weighted by Gasteiger charge is -2.27. The van der Waals surface area contributed by atoms with E-state index in [1.807, 2.05) is 24.3 Å². The number of ether oxygens (including phenoxy) is 1. The lowest BCUT2D eigenvalue weighted by Crippen LogP contribution is -2.37. The van der Waals surface area contributed by atoms with Crippen LogP contribution in [0, 0.1) is 6.92 Å². The van der Waals surface area contributed by atoms with E-state index in [-0.39, 0.29) is 0 Å². The fraction of sp³-hybridized carbons (Fsp3) is 0.263. The second kappa shape index (κ2) is 7.98. The fourth-order valence-corrected chi connectivity index (χ4v) is 3.18. The van der Waals surface area contributed by atoms with Gasteiger partial charge in [-0.15, -0.1) is 0 Å². The number of hydrogen-bond donors (Lipinski definition) is 1. The van der Waals surface area contributed by atoms with Gasteiger partial charge in [-0.3, -0.25) is 5.43 Å². The molecule has 27 heavy (non-hydrogen) atoms. The SMILES string of the molecule is Cc1cccc(/C=N/Nc2nc(N3CCOCC3)nc3nc(Br)ccc23)c1. The highest BCUT2D eigenvalue weighted by atomic mass is 79.9. The van der Waals surface area contributed by atoms with Crippen LogP contribution < -0.4 is 10.3 Å². The van der Waals surface area contributed by atoms with Crippen molar-refractivity contribution in [3.05, 3.63) is 52.1 Å². The van der Waals surface area contributed by atoms with Gasteiger partial charge >= 0.3 is 0 Å². The molecule has 0 radical (unpaired) electrons. The van der Waals surface area contributed by atoms with Crippen molar-refractivity contribution in [2.24, 2.45) is 5.10 Å². The van der Waals surface area contributed by atoms with Crippen LogP contribution in [0.3, 0.4) is 0 Å². The maximum absolute atomic E-state index is 5.42. The lowest BCUT2D eigenvalue weighted by atomic mass is 10.2. The Balaban J connectivity index is 1.67. The van der Waals surface area contributed by atoms with E-state index in [4.69, 9.17) is 4.74 Å². The molecule has 1 fully saturated rings. The molecule has 0 bridgehead atoms. The van der Waals surface area contributed by atoms with Crippen molar-refractivity contribution in [2.75, 3.05) is 36.6 Å². The summed E-state index contributed by atoms with van der Waals surface area (Å²) in [6.07, 6.45) is 1.78. The van der Waals surface area contributed by atoms with Gasteiger partial charge in [-0.2, -0.15) is 15.1 Å². The minimum Gasteiger partial charge on any atom is -0.378 e. The Kier molecular flexibility index (Phi) is 5.26. The summed E-state index contributed by atoms with van der Waals surface area (Å²) in [5.74, 6) is 1.26. The molecule has 1 saturated heterocycles. The van der Waals surface area contributed by atoms with Gasteiger partial charge in [-0.05, 0) is 40.5 Å². The van der Waals surface area contributed by atoms with E-state index in [9.17, 15) is 0 Å². The largest absolute Gasteiger partial charge is 0.378 e. The summed E-state index contributed by atoms with van der Waals surface area (Å²) in [5, 5.41) is 5.18. The van der Waals surface area contributed by atoms with Crippen LogP contribution in [0.5, 0.6) is 0 Å². The van der Waals surface area contributed by atoms with Gasteiger partial charge in [0.1, 0.15) is 4.60 Å². The molecule has 0 unspecified atom stereocenters. The molecule has 0 amide bonds. The summed E-state index contributed by atoms with van der Waals surface area (Å²) in [4.78, 5) is 15.9. The Morgan fingerprint density at radius 3 is 2.81 bits per heavy atom. The molecule has 1 aromatic carbocycles. The monoisotopic (exact) mass is 426 g/mol. The number of fused-ring (bicyclic) bond motifs is 1. The first-order chi connectivity index (χ1) is 13.2.